The molecule has 0 spiro atoms. The number of aryl methyl sites for hydroxylation is 2. The monoisotopic (exact) mass is 519 g/mol. The first-order valence-corrected chi connectivity index (χ1v) is 11.8. The van der Waals surface area contributed by atoms with Gasteiger partial charge in [0.05, 0.1) is 28.9 Å². The molecule has 5 nitrogen and oxygen atoms in total. The van der Waals surface area contributed by atoms with Gasteiger partial charge in [-0.1, -0.05) is 6.07 Å². The second-order valence-corrected chi connectivity index (χ2v) is 9.23. The molecular weight excluding hydrogens is 501 g/mol. The minimum atomic E-state index is -2.23. The molecule has 2 aromatic carbocycles. The standard InChI is InChI=1S/C25H18F5N3O2S/c26-20-18(21(27)23(29)24(30)22(20)28)10-33-9-16(8-31-33)32-25(34)19-6-13(12-36-19)11-35-17-5-4-14-2-1-3-15(14)7-17/h4-9,12H,1-3,10-11H2,(H,32,34). The summed E-state index contributed by atoms with van der Waals surface area (Å²) in [6.07, 6.45) is 5.72. The number of halogens is 5. The number of benzene rings is 2. The van der Waals surface area contributed by atoms with Gasteiger partial charge >= 0.3 is 0 Å². The molecule has 0 aliphatic heterocycles. The fourth-order valence-electron chi connectivity index (χ4n) is 4.03. The van der Waals surface area contributed by atoms with E-state index in [1.807, 2.05) is 12.1 Å². The number of ether oxygens (including phenoxy) is 1. The number of amides is 1. The van der Waals surface area contributed by atoms with Crippen molar-refractivity contribution in [1.82, 2.24) is 9.78 Å². The van der Waals surface area contributed by atoms with E-state index >= 15 is 0 Å². The Morgan fingerprint density at radius 1 is 1.00 bits per heavy atom. The average molecular weight is 519 g/mol. The Morgan fingerprint density at radius 2 is 1.72 bits per heavy atom. The van der Waals surface area contributed by atoms with Crippen LogP contribution in [0.4, 0.5) is 27.6 Å². The Bertz CT molecular complexity index is 1440. The van der Waals surface area contributed by atoms with Gasteiger partial charge in [0.2, 0.25) is 5.82 Å². The van der Waals surface area contributed by atoms with Crippen molar-refractivity contribution in [3.05, 3.63) is 98.3 Å². The van der Waals surface area contributed by atoms with E-state index in [-0.39, 0.29) is 5.69 Å². The van der Waals surface area contributed by atoms with Crippen molar-refractivity contribution in [3.63, 3.8) is 0 Å². The summed E-state index contributed by atoms with van der Waals surface area (Å²) in [7, 11) is 0. The quantitative estimate of drug-likeness (QED) is 0.185. The van der Waals surface area contributed by atoms with Gasteiger partial charge in [-0.05, 0) is 54.0 Å². The largest absolute Gasteiger partial charge is 0.489 e. The maximum absolute atomic E-state index is 13.9. The van der Waals surface area contributed by atoms with Gasteiger partial charge in [-0.25, -0.2) is 22.0 Å². The number of hydrogen-bond acceptors (Lipinski definition) is 4. The highest BCUT2D eigenvalue weighted by Gasteiger charge is 2.26. The zero-order chi connectivity index (χ0) is 25.4. The number of hydrogen-bond donors (Lipinski definition) is 1. The van der Waals surface area contributed by atoms with Gasteiger partial charge in [-0.3, -0.25) is 9.48 Å². The number of anilines is 1. The molecule has 1 aliphatic rings. The van der Waals surface area contributed by atoms with Gasteiger partial charge in [0.15, 0.2) is 23.3 Å². The lowest BCUT2D eigenvalue weighted by Crippen LogP contribution is -2.12. The van der Waals surface area contributed by atoms with Crippen LogP contribution in [0.2, 0.25) is 0 Å². The Hall–Kier alpha value is -3.73. The number of fused-ring (bicyclic) bond motifs is 1. The first-order chi connectivity index (χ1) is 17.3. The van der Waals surface area contributed by atoms with Crippen LogP contribution in [0, 0.1) is 29.1 Å². The van der Waals surface area contributed by atoms with E-state index in [2.05, 4.69) is 16.5 Å². The SMILES string of the molecule is O=C(Nc1cnn(Cc2c(F)c(F)c(F)c(F)c2F)c1)c1cc(COc2ccc3c(c2)CCC3)cs1. The number of aromatic nitrogens is 2. The lowest BCUT2D eigenvalue weighted by Gasteiger charge is -2.08. The first-order valence-electron chi connectivity index (χ1n) is 11.0. The third kappa shape index (κ3) is 4.70. The van der Waals surface area contributed by atoms with Crippen LogP contribution in [-0.2, 0) is 26.0 Å². The third-order valence-electron chi connectivity index (χ3n) is 5.86. The Balaban J connectivity index is 1.21. The summed E-state index contributed by atoms with van der Waals surface area (Å²) >= 11 is 1.21. The highest BCUT2D eigenvalue weighted by molar-refractivity contribution is 7.12. The van der Waals surface area contributed by atoms with Crippen LogP contribution in [0.5, 0.6) is 5.75 Å². The molecule has 36 heavy (non-hydrogen) atoms. The van der Waals surface area contributed by atoms with Crippen molar-refractivity contribution >= 4 is 22.9 Å². The molecule has 5 rings (SSSR count). The molecule has 0 bridgehead atoms. The molecule has 0 saturated carbocycles. The minimum Gasteiger partial charge on any atom is -0.489 e. The third-order valence-corrected chi connectivity index (χ3v) is 6.84. The molecule has 1 aliphatic carbocycles. The minimum absolute atomic E-state index is 0.188. The van der Waals surface area contributed by atoms with E-state index in [1.165, 1.54) is 34.9 Å². The van der Waals surface area contributed by atoms with Crippen LogP contribution in [0.15, 0.2) is 42.0 Å². The van der Waals surface area contributed by atoms with Crippen LogP contribution < -0.4 is 10.1 Å². The molecule has 4 aromatic rings. The molecule has 2 heterocycles. The number of thiophene rings is 1. The van der Waals surface area contributed by atoms with Crippen molar-refractivity contribution in [3.8, 4) is 5.75 Å². The molecule has 0 atom stereocenters. The molecule has 0 radical (unpaired) electrons. The maximum atomic E-state index is 13.9. The predicted octanol–water partition coefficient (Wildman–Crippen LogP) is 6.01. The number of rotatable bonds is 7. The highest BCUT2D eigenvalue weighted by atomic mass is 32.1. The van der Waals surface area contributed by atoms with Gasteiger partial charge in [-0.15, -0.1) is 11.3 Å². The van der Waals surface area contributed by atoms with Crippen molar-refractivity contribution in [2.75, 3.05) is 5.32 Å². The maximum Gasteiger partial charge on any atom is 0.265 e. The van der Waals surface area contributed by atoms with Gasteiger partial charge in [0.1, 0.15) is 12.4 Å². The fraction of sp³-hybridized carbons (Fsp3) is 0.200. The Labute approximate surface area is 206 Å². The number of nitrogens with zero attached hydrogens (tertiary/aromatic N) is 2. The lowest BCUT2D eigenvalue weighted by molar-refractivity contribution is 0.103. The van der Waals surface area contributed by atoms with Crippen molar-refractivity contribution in [1.29, 1.82) is 0 Å². The van der Waals surface area contributed by atoms with E-state index < -0.39 is 47.1 Å². The Kier molecular flexibility index (Phi) is 6.48. The summed E-state index contributed by atoms with van der Waals surface area (Å²) in [6.45, 7) is -0.423. The molecule has 0 unspecified atom stereocenters. The van der Waals surface area contributed by atoms with Gasteiger partial charge in [-0.2, -0.15) is 5.10 Å². The van der Waals surface area contributed by atoms with Crippen LogP contribution in [0.1, 0.15) is 38.3 Å². The molecule has 0 fully saturated rings. The second-order valence-electron chi connectivity index (χ2n) is 8.32. The van der Waals surface area contributed by atoms with E-state index in [0.717, 1.165) is 35.3 Å². The van der Waals surface area contributed by atoms with E-state index in [1.54, 1.807) is 11.4 Å². The van der Waals surface area contributed by atoms with Crippen LogP contribution >= 0.6 is 11.3 Å². The molecule has 2 aromatic heterocycles. The molecular formula is C25H18F5N3O2S. The summed E-state index contributed by atoms with van der Waals surface area (Å²) in [6, 6.07) is 7.75. The van der Waals surface area contributed by atoms with Crippen LogP contribution in [0.3, 0.4) is 0 Å². The van der Waals surface area contributed by atoms with Crippen molar-refractivity contribution in [2.45, 2.75) is 32.4 Å². The number of carbonyl (C=O) groups is 1. The van der Waals surface area contributed by atoms with Crippen molar-refractivity contribution < 1.29 is 31.5 Å². The van der Waals surface area contributed by atoms with E-state index in [9.17, 15) is 26.7 Å². The molecule has 1 N–H and O–H groups in total. The van der Waals surface area contributed by atoms with Gasteiger partial charge in [0, 0.05) is 11.8 Å². The highest BCUT2D eigenvalue weighted by Crippen LogP contribution is 2.27. The molecule has 1 amide bonds. The average Bonchev–Trinajstić information content (AvgIpc) is 3.63. The van der Waals surface area contributed by atoms with Gasteiger partial charge < -0.3 is 10.1 Å². The fourth-order valence-corrected chi connectivity index (χ4v) is 4.83. The molecule has 0 saturated heterocycles. The predicted molar refractivity (Wildman–Crippen MR) is 123 cm³/mol. The van der Waals surface area contributed by atoms with Crippen molar-refractivity contribution in [2.24, 2.45) is 0 Å². The molecule has 186 valence electrons. The molecule has 11 heteroatoms. The lowest BCUT2D eigenvalue weighted by atomic mass is 10.1. The van der Waals surface area contributed by atoms with E-state index in [0.29, 0.717) is 11.5 Å². The second kappa shape index (κ2) is 9.73. The van der Waals surface area contributed by atoms with Gasteiger partial charge in [0.25, 0.3) is 5.91 Å². The van der Waals surface area contributed by atoms with Crippen LogP contribution in [-0.4, -0.2) is 15.7 Å². The number of carbonyl (C=O) groups excluding carboxylic acids is 1. The smallest absolute Gasteiger partial charge is 0.265 e. The zero-order valence-corrected chi connectivity index (χ0v) is 19.4. The topological polar surface area (TPSA) is 56.2 Å². The summed E-state index contributed by atoms with van der Waals surface area (Å²) in [5.41, 5.74) is 2.63. The number of nitrogens with one attached hydrogen (secondary N) is 1. The summed E-state index contributed by atoms with van der Waals surface area (Å²) in [5, 5.41) is 8.22. The first kappa shape index (κ1) is 24.0. The summed E-state index contributed by atoms with van der Waals surface area (Å²) in [4.78, 5) is 13.0. The zero-order valence-electron chi connectivity index (χ0n) is 18.6. The Morgan fingerprint density at radius 3 is 2.50 bits per heavy atom. The van der Waals surface area contributed by atoms with E-state index in [4.69, 9.17) is 4.74 Å². The summed E-state index contributed by atoms with van der Waals surface area (Å²) in [5.74, 6) is -9.82. The normalized spacial score (nSPS) is 12.6. The summed E-state index contributed by atoms with van der Waals surface area (Å²) < 4.78 is 74.7. The van der Waals surface area contributed by atoms with Crippen LogP contribution in [0.25, 0.3) is 0 Å².